The molecule has 8 rings (SSSR count). The summed E-state index contributed by atoms with van der Waals surface area (Å²) in [5.41, 5.74) is 5.98. The molecule has 4 fully saturated rings. The van der Waals surface area contributed by atoms with Crippen LogP contribution in [0, 0.1) is 5.82 Å². The SMILES string of the molecule is Fc1cc2c(C3CCCC3)cc(C3CCCC3)c3ccc4c(C5CCCC5)cc(C5CCCC5)c1c4c32. The normalized spacial score (nSPS) is 22.7. The molecule has 4 aliphatic rings. The summed E-state index contributed by atoms with van der Waals surface area (Å²) < 4.78 is 16.5. The van der Waals surface area contributed by atoms with Crippen LogP contribution >= 0.6 is 0 Å². The van der Waals surface area contributed by atoms with E-state index in [1.165, 1.54) is 141 Å². The van der Waals surface area contributed by atoms with Crippen molar-refractivity contribution in [3.8, 4) is 0 Å². The van der Waals surface area contributed by atoms with Gasteiger partial charge in [-0.15, -0.1) is 0 Å². The molecule has 0 radical (unpaired) electrons. The molecule has 0 amide bonds. The summed E-state index contributed by atoms with van der Waals surface area (Å²) in [7, 11) is 0. The fourth-order valence-electron chi connectivity index (χ4n) is 9.45. The number of halogens is 1. The lowest BCUT2D eigenvalue weighted by Crippen LogP contribution is -2.06. The Morgan fingerprint density at radius 3 is 1.27 bits per heavy atom. The third-order valence-electron chi connectivity index (χ3n) is 11.3. The highest BCUT2D eigenvalue weighted by Gasteiger charge is 2.31. The van der Waals surface area contributed by atoms with Crippen molar-refractivity contribution in [2.24, 2.45) is 0 Å². The number of rotatable bonds is 4. The Morgan fingerprint density at radius 1 is 0.405 bits per heavy atom. The van der Waals surface area contributed by atoms with Crippen LogP contribution in [-0.4, -0.2) is 0 Å². The Hall–Kier alpha value is -2.15. The van der Waals surface area contributed by atoms with Gasteiger partial charge in [-0.1, -0.05) is 75.6 Å². The molecule has 4 aromatic rings. The van der Waals surface area contributed by atoms with Crippen molar-refractivity contribution >= 4 is 32.3 Å². The fourth-order valence-corrected chi connectivity index (χ4v) is 9.45. The fraction of sp³-hybridized carbons (Fsp3) is 0.556. The Bertz CT molecular complexity index is 1450. The van der Waals surface area contributed by atoms with Gasteiger partial charge >= 0.3 is 0 Å². The molecule has 4 aromatic carbocycles. The summed E-state index contributed by atoms with van der Waals surface area (Å²) in [6, 6.07) is 11.9. The number of benzene rings is 4. The lowest BCUT2D eigenvalue weighted by Gasteiger charge is -2.26. The molecule has 0 heterocycles. The first-order valence-corrected chi connectivity index (χ1v) is 15.8. The van der Waals surface area contributed by atoms with Gasteiger partial charge in [-0.2, -0.15) is 0 Å². The zero-order valence-electron chi connectivity index (χ0n) is 22.4. The van der Waals surface area contributed by atoms with E-state index in [4.69, 9.17) is 0 Å². The maximum absolute atomic E-state index is 16.5. The molecule has 0 nitrogen and oxygen atoms in total. The standard InChI is InChI=1S/C36H41F/c37-33-21-32-30(24-13-5-6-14-24)19-28(22-9-1-2-10-22)26-17-18-27-29(23-11-3-4-12-23)20-31(25-15-7-8-16-25)35(33)36(27)34(26)32/h17-25H,1-16H2. The second-order valence-electron chi connectivity index (χ2n) is 13.2. The Balaban J connectivity index is 1.51. The first kappa shape index (κ1) is 22.8. The second kappa shape index (κ2) is 8.96. The molecule has 4 aliphatic carbocycles. The van der Waals surface area contributed by atoms with E-state index < -0.39 is 0 Å². The van der Waals surface area contributed by atoms with E-state index >= 15 is 4.39 Å². The Labute approximate surface area is 221 Å². The smallest absolute Gasteiger partial charge is 0.131 e. The van der Waals surface area contributed by atoms with E-state index in [2.05, 4.69) is 24.3 Å². The van der Waals surface area contributed by atoms with Crippen LogP contribution in [0.3, 0.4) is 0 Å². The van der Waals surface area contributed by atoms with Crippen LogP contribution in [0.2, 0.25) is 0 Å². The van der Waals surface area contributed by atoms with Gasteiger partial charge < -0.3 is 0 Å². The minimum absolute atomic E-state index is 0.0535. The molecule has 0 N–H and O–H groups in total. The summed E-state index contributed by atoms with van der Waals surface area (Å²) in [6.45, 7) is 0. The molecule has 0 bridgehead atoms. The van der Waals surface area contributed by atoms with Crippen molar-refractivity contribution in [3.63, 3.8) is 0 Å². The zero-order valence-corrected chi connectivity index (χ0v) is 22.4. The van der Waals surface area contributed by atoms with Gasteiger partial charge in [-0.25, -0.2) is 4.39 Å². The average molecular weight is 493 g/mol. The molecular weight excluding hydrogens is 451 g/mol. The molecule has 0 saturated heterocycles. The van der Waals surface area contributed by atoms with Crippen LogP contribution in [0.4, 0.5) is 4.39 Å². The summed E-state index contributed by atoms with van der Waals surface area (Å²) in [6.07, 6.45) is 20.9. The largest absolute Gasteiger partial charge is 0.206 e. The highest BCUT2D eigenvalue weighted by Crippen LogP contribution is 2.52. The van der Waals surface area contributed by atoms with E-state index in [-0.39, 0.29) is 5.82 Å². The highest BCUT2D eigenvalue weighted by atomic mass is 19.1. The monoisotopic (exact) mass is 492 g/mol. The van der Waals surface area contributed by atoms with Crippen LogP contribution in [0.1, 0.15) is 149 Å². The van der Waals surface area contributed by atoms with Crippen molar-refractivity contribution < 1.29 is 4.39 Å². The second-order valence-corrected chi connectivity index (χ2v) is 13.2. The van der Waals surface area contributed by atoms with Crippen LogP contribution in [-0.2, 0) is 0 Å². The van der Waals surface area contributed by atoms with Gasteiger partial charge in [0.2, 0.25) is 0 Å². The zero-order chi connectivity index (χ0) is 24.5. The van der Waals surface area contributed by atoms with Gasteiger partial charge in [-0.3, -0.25) is 0 Å². The van der Waals surface area contributed by atoms with Gasteiger partial charge in [0.25, 0.3) is 0 Å². The number of hydrogen-bond donors (Lipinski definition) is 0. The maximum Gasteiger partial charge on any atom is 0.131 e. The quantitative estimate of drug-likeness (QED) is 0.248. The van der Waals surface area contributed by atoms with Crippen molar-refractivity contribution in [2.75, 3.05) is 0 Å². The third kappa shape index (κ3) is 3.51. The van der Waals surface area contributed by atoms with Gasteiger partial charge in [0.05, 0.1) is 0 Å². The average Bonchev–Trinajstić information content (AvgIpc) is 3.75. The van der Waals surface area contributed by atoms with E-state index in [0.29, 0.717) is 23.7 Å². The summed E-state index contributed by atoms with van der Waals surface area (Å²) in [4.78, 5) is 0. The van der Waals surface area contributed by atoms with Crippen LogP contribution < -0.4 is 0 Å². The first-order valence-electron chi connectivity index (χ1n) is 15.8. The third-order valence-corrected chi connectivity index (χ3v) is 11.3. The topological polar surface area (TPSA) is 0 Å². The van der Waals surface area contributed by atoms with E-state index in [1.54, 1.807) is 11.1 Å². The maximum atomic E-state index is 16.5. The number of hydrogen-bond acceptors (Lipinski definition) is 0. The van der Waals surface area contributed by atoms with Crippen molar-refractivity contribution in [1.29, 1.82) is 0 Å². The minimum atomic E-state index is 0.0535. The van der Waals surface area contributed by atoms with Gasteiger partial charge in [0.15, 0.2) is 0 Å². The van der Waals surface area contributed by atoms with Crippen LogP contribution in [0.5, 0.6) is 0 Å². The van der Waals surface area contributed by atoms with E-state index in [0.717, 1.165) is 5.39 Å². The van der Waals surface area contributed by atoms with Crippen LogP contribution in [0.25, 0.3) is 32.3 Å². The Morgan fingerprint density at radius 2 is 0.784 bits per heavy atom. The molecular formula is C36H41F. The molecule has 0 unspecified atom stereocenters. The predicted octanol–water partition coefficient (Wildman–Crippen LogP) is 11.4. The molecule has 192 valence electrons. The summed E-state index contributed by atoms with van der Waals surface area (Å²) in [5.74, 6) is 2.52. The summed E-state index contributed by atoms with van der Waals surface area (Å²) in [5, 5.41) is 7.80. The molecule has 37 heavy (non-hydrogen) atoms. The summed E-state index contributed by atoms with van der Waals surface area (Å²) >= 11 is 0. The van der Waals surface area contributed by atoms with Crippen molar-refractivity contribution in [1.82, 2.24) is 0 Å². The first-order chi connectivity index (χ1) is 18.3. The lowest BCUT2D eigenvalue weighted by atomic mass is 9.77. The molecule has 1 heteroatoms. The highest BCUT2D eigenvalue weighted by molar-refractivity contribution is 6.26. The molecule has 0 aliphatic heterocycles. The van der Waals surface area contributed by atoms with Gasteiger partial charge in [0.1, 0.15) is 5.82 Å². The van der Waals surface area contributed by atoms with Crippen molar-refractivity contribution in [3.05, 3.63) is 58.4 Å². The van der Waals surface area contributed by atoms with Crippen molar-refractivity contribution in [2.45, 2.75) is 126 Å². The minimum Gasteiger partial charge on any atom is -0.206 e. The van der Waals surface area contributed by atoms with E-state index in [1.807, 2.05) is 6.07 Å². The predicted molar refractivity (Wildman–Crippen MR) is 155 cm³/mol. The van der Waals surface area contributed by atoms with E-state index in [9.17, 15) is 0 Å². The molecule has 4 saturated carbocycles. The molecule has 0 aromatic heterocycles. The van der Waals surface area contributed by atoms with Gasteiger partial charge in [-0.05, 0) is 125 Å². The molecule has 0 atom stereocenters. The lowest BCUT2D eigenvalue weighted by molar-refractivity contribution is 0.635. The Kier molecular flexibility index (Phi) is 5.52. The van der Waals surface area contributed by atoms with Crippen LogP contribution in [0.15, 0.2) is 30.3 Å². The van der Waals surface area contributed by atoms with Gasteiger partial charge in [0, 0.05) is 10.8 Å². The molecule has 0 spiro atoms.